The van der Waals surface area contributed by atoms with Crippen LogP contribution in [-0.2, 0) is 10.0 Å². The van der Waals surface area contributed by atoms with Gasteiger partial charge in [0.25, 0.3) is 0 Å². The second-order valence-corrected chi connectivity index (χ2v) is 5.71. The zero-order valence-electron chi connectivity index (χ0n) is 10.3. The molecule has 0 saturated heterocycles. The first kappa shape index (κ1) is 14.1. The highest BCUT2D eigenvalue weighted by Crippen LogP contribution is 2.16. The SMILES string of the molecule is Cc1n[nH]c(C)c1S(=O)(=O)NCCCCCN. The van der Waals surface area contributed by atoms with E-state index in [1.807, 2.05) is 0 Å². The van der Waals surface area contributed by atoms with Gasteiger partial charge >= 0.3 is 0 Å². The van der Waals surface area contributed by atoms with Gasteiger partial charge in [0.1, 0.15) is 4.90 Å². The molecular formula is C10H20N4O2S. The normalized spacial score (nSPS) is 11.9. The number of hydrogen-bond donors (Lipinski definition) is 3. The Morgan fingerprint density at radius 2 is 2.00 bits per heavy atom. The molecule has 0 spiro atoms. The number of aryl methyl sites for hydroxylation is 2. The van der Waals surface area contributed by atoms with E-state index in [0.717, 1.165) is 19.3 Å². The van der Waals surface area contributed by atoms with E-state index < -0.39 is 10.0 Å². The molecular weight excluding hydrogens is 240 g/mol. The minimum atomic E-state index is -3.44. The first-order valence-electron chi connectivity index (χ1n) is 5.70. The van der Waals surface area contributed by atoms with E-state index in [1.54, 1.807) is 13.8 Å². The van der Waals surface area contributed by atoms with Gasteiger partial charge in [-0.25, -0.2) is 13.1 Å². The highest BCUT2D eigenvalue weighted by Gasteiger charge is 2.21. The third kappa shape index (κ3) is 3.79. The fourth-order valence-electron chi connectivity index (χ4n) is 1.66. The zero-order valence-corrected chi connectivity index (χ0v) is 11.1. The molecule has 1 heterocycles. The van der Waals surface area contributed by atoms with E-state index in [2.05, 4.69) is 14.9 Å². The lowest BCUT2D eigenvalue weighted by Crippen LogP contribution is -2.25. The van der Waals surface area contributed by atoms with Gasteiger partial charge in [0.15, 0.2) is 0 Å². The third-order valence-electron chi connectivity index (χ3n) is 2.50. The standard InChI is InChI=1S/C10H20N4O2S/c1-8-10(9(2)14-13-8)17(15,16)12-7-5-3-4-6-11/h12H,3-7,11H2,1-2H3,(H,13,14). The average molecular weight is 260 g/mol. The molecule has 0 saturated carbocycles. The summed E-state index contributed by atoms with van der Waals surface area (Å²) in [7, 11) is -3.44. The molecule has 17 heavy (non-hydrogen) atoms. The van der Waals surface area contributed by atoms with Crippen molar-refractivity contribution in [3.63, 3.8) is 0 Å². The smallest absolute Gasteiger partial charge is 0.244 e. The minimum absolute atomic E-state index is 0.260. The molecule has 0 radical (unpaired) electrons. The van der Waals surface area contributed by atoms with Crippen LogP contribution < -0.4 is 10.5 Å². The molecule has 0 aliphatic rings. The molecule has 98 valence electrons. The van der Waals surface area contributed by atoms with Gasteiger partial charge in [-0.3, -0.25) is 5.10 Å². The summed E-state index contributed by atoms with van der Waals surface area (Å²) in [6.45, 7) is 4.45. The minimum Gasteiger partial charge on any atom is -0.330 e. The largest absolute Gasteiger partial charge is 0.330 e. The first-order chi connectivity index (χ1) is 7.99. The van der Waals surface area contributed by atoms with Gasteiger partial charge < -0.3 is 5.73 Å². The number of aromatic nitrogens is 2. The van der Waals surface area contributed by atoms with Crippen molar-refractivity contribution in [2.75, 3.05) is 13.1 Å². The van der Waals surface area contributed by atoms with Gasteiger partial charge in [0, 0.05) is 6.54 Å². The number of sulfonamides is 1. The van der Waals surface area contributed by atoms with Crippen LogP contribution in [0.2, 0.25) is 0 Å². The molecule has 0 aromatic carbocycles. The molecule has 0 amide bonds. The summed E-state index contributed by atoms with van der Waals surface area (Å²) in [6, 6.07) is 0. The summed E-state index contributed by atoms with van der Waals surface area (Å²) in [4.78, 5) is 0.260. The van der Waals surface area contributed by atoms with E-state index in [9.17, 15) is 8.42 Å². The molecule has 0 fully saturated rings. The lowest BCUT2D eigenvalue weighted by molar-refractivity contribution is 0.574. The summed E-state index contributed by atoms with van der Waals surface area (Å²) in [5.74, 6) is 0. The Hall–Kier alpha value is -0.920. The third-order valence-corrected chi connectivity index (χ3v) is 4.23. The monoisotopic (exact) mass is 260 g/mol. The number of nitrogens with zero attached hydrogens (tertiary/aromatic N) is 1. The van der Waals surface area contributed by atoms with Crippen molar-refractivity contribution in [1.82, 2.24) is 14.9 Å². The average Bonchev–Trinajstić information content (AvgIpc) is 2.58. The number of unbranched alkanes of at least 4 members (excludes halogenated alkanes) is 2. The van der Waals surface area contributed by atoms with E-state index in [0.29, 0.717) is 24.5 Å². The number of rotatable bonds is 7. The van der Waals surface area contributed by atoms with Crippen molar-refractivity contribution in [3.8, 4) is 0 Å². The first-order valence-corrected chi connectivity index (χ1v) is 7.18. The Bertz CT molecular complexity index is 433. The highest BCUT2D eigenvalue weighted by atomic mass is 32.2. The highest BCUT2D eigenvalue weighted by molar-refractivity contribution is 7.89. The van der Waals surface area contributed by atoms with E-state index in [4.69, 9.17) is 5.73 Å². The van der Waals surface area contributed by atoms with Crippen LogP contribution in [0.1, 0.15) is 30.7 Å². The van der Waals surface area contributed by atoms with Crippen molar-refractivity contribution >= 4 is 10.0 Å². The summed E-state index contributed by atoms with van der Waals surface area (Å²) < 4.78 is 26.5. The maximum absolute atomic E-state index is 12.0. The lowest BCUT2D eigenvalue weighted by atomic mass is 10.2. The molecule has 0 unspecified atom stereocenters. The second kappa shape index (κ2) is 6.13. The van der Waals surface area contributed by atoms with Crippen LogP contribution in [0.25, 0.3) is 0 Å². The van der Waals surface area contributed by atoms with Crippen LogP contribution in [0.15, 0.2) is 4.90 Å². The second-order valence-electron chi connectivity index (χ2n) is 4.01. The van der Waals surface area contributed by atoms with Crippen molar-refractivity contribution < 1.29 is 8.42 Å². The predicted molar refractivity (Wildman–Crippen MR) is 66.2 cm³/mol. The molecule has 0 atom stereocenters. The van der Waals surface area contributed by atoms with Gasteiger partial charge in [-0.2, -0.15) is 5.10 Å². The fraction of sp³-hybridized carbons (Fsp3) is 0.700. The van der Waals surface area contributed by atoms with E-state index >= 15 is 0 Å². The number of nitrogens with two attached hydrogens (primary N) is 1. The molecule has 1 rings (SSSR count). The zero-order chi connectivity index (χ0) is 12.9. The Kier molecular flexibility index (Phi) is 5.10. The topological polar surface area (TPSA) is 101 Å². The van der Waals surface area contributed by atoms with Gasteiger partial charge in [-0.05, 0) is 33.2 Å². The molecule has 0 aliphatic heterocycles. The summed E-state index contributed by atoms with van der Waals surface area (Å²) in [6.07, 6.45) is 2.65. The van der Waals surface area contributed by atoms with Crippen molar-refractivity contribution in [3.05, 3.63) is 11.4 Å². The molecule has 1 aromatic heterocycles. The molecule has 0 aliphatic carbocycles. The van der Waals surface area contributed by atoms with E-state index in [1.165, 1.54) is 0 Å². The Morgan fingerprint density at radius 1 is 1.29 bits per heavy atom. The maximum Gasteiger partial charge on any atom is 0.244 e. The lowest BCUT2D eigenvalue weighted by Gasteiger charge is -2.06. The molecule has 7 heteroatoms. The van der Waals surface area contributed by atoms with Crippen LogP contribution >= 0.6 is 0 Å². The molecule has 4 N–H and O–H groups in total. The number of H-pyrrole nitrogens is 1. The van der Waals surface area contributed by atoms with Gasteiger partial charge in [0.05, 0.1) is 11.4 Å². The van der Waals surface area contributed by atoms with Crippen molar-refractivity contribution in [1.29, 1.82) is 0 Å². The van der Waals surface area contributed by atoms with Gasteiger partial charge in [0.2, 0.25) is 10.0 Å². The number of aromatic amines is 1. The van der Waals surface area contributed by atoms with Gasteiger partial charge in [-0.1, -0.05) is 6.42 Å². The van der Waals surface area contributed by atoms with Crippen molar-refractivity contribution in [2.45, 2.75) is 38.0 Å². The molecule has 6 nitrogen and oxygen atoms in total. The Balaban J connectivity index is 2.58. The Morgan fingerprint density at radius 3 is 2.53 bits per heavy atom. The van der Waals surface area contributed by atoms with Gasteiger partial charge in [-0.15, -0.1) is 0 Å². The summed E-state index contributed by atoms with van der Waals surface area (Å²) in [5.41, 5.74) is 6.43. The quantitative estimate of drug-likeness (QED) is 0.619. The van der Waals surface area contributed by atoms with Crippen LogP contribution in [-0.4, -0.2) is 31.7 Å². The number of hydrogen-bond acceptors (Lipinski definition) is 4. The van der Waals surface area contributed by atoms with Crippen LogP contribution in [0.5, 0.6) is 0 Å². The summed E-state index contributed by atoms with van der Waals surface area (Å²) >= 11 is 0. The molecule has 1 aromatic rings. The van der Waals surface area contributed by atoms with Crippen molar-refractivity contribution in [2.24, 2.45) is 5.73 Å². The fourth-order valence-corrected chi connectivity index (χ4v) is 3.10. The van der Waals surface area contributed by atoms with Crippen LogP contribution in [0.3, 0.4) is 0 Å². The molecule has 0 bridgehead atoms. The van der Waals surface area contributed by atoms with Crippen LogP contribution in [0, 0.1) is 13.8 Å². The Labute approximate surface area is 102 Å². The van der Waals surface area contributed by atoms with Crippen LogP contribution in [0.4, 0.5) is 0 Å². The number of nitrogens with one attached hydrogen (secondary N) is 2. The summed E-state index contributed by atoms with van der Waals surface area (Å²) in [5, 5.41) is 6.55. The van der Waals surface area contributed by atoms with E-state index in [-0.39, 0.29) is 4.90 Å². The maximum atomic E-state index is 12.0. The predicted octanol–water partition coefficient (Wildman–Crippen LogP) is 0.434.